The van der Waals surface area contributed by atoms with Crippen LogP contribution in [0.2, 0.25) is 0 Å². The molecule has 0 aromatic carbocycles. The minimum absolute atomic E-state index is 0. The number of hydrogen-bond donors (Lipinski definition) is 0. The first-order valence-electron chi connectivity index (χ1n) is 0. The fourth-order valence-electron chi connectivity index (χ4n) is 0. The van der Waals surface area contributed by atoms with E-state index in [1.807, 2.05) is 0 Å². The van der Waals surface area contributed by atoms with Gasteiger partial charge in [-0.25, -0.2) is 0 Å². The Morgan fingerprint density at radius 3 is 1.20 bits per heavy atom. The maximum absolute atomic E-state index is 0. The second kappa shape index (κ2) is 27.9. The third-order valence-corrected chi connectivity index (χ3v) is 0. The van der Waals surface area contributed by atoms with Crippen molar-refractivity contribution in [1.29, 1.82) is 0 Å². The Morgan fingerprint density at radius 2 is 1.20 bits per heavy atom. The van der Waals surface area contributed by atoms with Crippen molar-refractivity contribution >= 4 is 40.4 Å². The van der Waals surface area contributed by atoms with Gasteiger partial charge in [-0.05, 0) is 0 Å². The SMILES string of the molecule is [AlH3].[Fe].[H-].[H-].[Mg+2].[Ni].[Ti]. The third-order valence-electron chi connectivity index (χ3n) is 0. The van der Waals surface area contributed by atoms with Gasteiger partial charge in [0.25, 0.3) is 0 Å². The summed E-state index contributed by atoms with van der Waals surface area (Å²) in [7, 11) is 0. The van der Waals surface area contributed by atoms with Crippen molar-refractivity contribution in [3.05, 3.63) is 0 Å². The Kier molecular flexibility index (Phi) is 241. The summed E-state index contributed by atoms with van der Waals surface area (Å²) in [5, 5.41) is 0. The summed E-state index contributed by atoms with van der Waals surface area (Å²) in [6.45, 7) is 0. The van der Waals surface area contributed by atoms with Crippen LogP contribution in [0, 0.1) is 0 Å². The summed E-state index contributed by atoms with van der Waals surface area (Å²) in [6, 6.07) is 0. The summed E-state index contributed by atoms with van der Waals surface area (Å²) in [5.74, 6) is 0. The molecule has 0 unspecified atom stereocenters. The predicted molar refractivity (Wildman–Crippen MR) is 17.9 cm³/mol. The second-order valence-corrected chi connectivity index (χ2v) is 0. The Balaban J connectivity index is 0. The molecule has 0 bridgehead atoms. The average molecular weight is 219 g/mol. The van der Waals surface area contributed by atoms with E-state index < -0.39 is 0 Å². The maximum Gasteiger partial charge on any atom is 2.00 e. The van der Waals surface area contributed by atoms with Gasteiger partial charge in [0.2, 0.25) is 0 Å². The molecule has 0 nitrogen and oxygen atoms in total. The van der Waals surface area contributed by atoms with Crippen molar-refractivity contribution in [3.63, 3.8) is 0 Å². The van der Waals surface area contributed by atoms with Gasteiger partial charge in [0.05, 0.1) is 0 Å². The maximum atomic E-state index is 0. The molecule has 0 heterocycles. The summed E-state index contributed by atoms with van der Waals surface area (Å²) in [4.78, 5) is 0. The second-order valence-electron chi connectivity index (χ2n) is 0. The minimum atomic E-state index is 0. The molecule has 0 saturated carbocycles. The molecule has 0 saturated heterocycles. The average Bonchev–Trinajstić information content (AvgIpc) is 0. The molecule has 0 amide bonds. The summed E-state index contributed by atoms with van der Waals surface area (Å²) < 4.78 is 0. The first kappa shape index (κ1) is 43.3. The van der Waals surface area contributed by atoms with Crippen LogP contribution in [0.5, 0.6) is 0 Å². The molecule has 32 valence electrons. The molecule has 0 rings (SSSR count). The van der Waals surface area contributed by atoms with E-state index >= 15 is 0 Å². The van der Waals surface area contributed by atoms with Crippen molar-refractivity contribution in [2.24, 2.45) is 0 Å². The zero-order valence-corrected chi connectivity index (χ0v) is 6.94. The van der Waals surface area contributed by atoms with Crippen molar-refractivity contribution in [1.82, 2.24) is 0 Å². The van der Waals surface area contributed by atoms with Crippen LogP contribution in [-0.2, 0) is 55.3 Å². The minimum Gasteiger partial charge on any atom is -1.00 e. The van der Waals surface area contributed by atoms with Gasteiger partial charge in [0.15, 0.2) is 17.4 Å². The largest absolute Gasteiger partial charge is 2.00 e. The molecule has 0 radical (unpaired) electrons. The van der Waals surface area contributed by atoms with Crippen LogP contribution < -0.4 is 0 Å². The standard InChI is InChI=1S/Al.Fe.Mg.Ni.Ti.5H/q;;+2;;;;;;2*-1. The molecule has 0 aliphatic carbocycles. The van der Waals surface area contributed by atoms with Crippen molar-refractivity contribution in [2.45, 2.75) is 0 Å². The monoisotopic (exact) mass is 218 g/mol. The topological polar surface area (TPSA) is 0 Å². The van der Waals surface area contributed by atoms with Gasteiger partial charge in [-0.1, -0.05) is 0 Å². The zero-order valence-electron chi connectivity index (χ0n) is 3.88. The van der Waals surface area contributed by atoms with E-state index in [2.05, 4.69) is 0 Å². The molecule has 0 aliphatic rings. The zero-order chi connectivity index (χ0) is 0. The van der Waals surface area contributed by atoms with E-state index in [0.29, 0.717) is 0 Å². The molecule has 5 heteroatoms. The predicted octanol–water partition coefficient (Wildman–Crippen LogP) is -1.35. The van der Waals surface area contributed by atoms with Crippen molar-refractivity contribution in [2.75, 3.05) is 0 Å². The normalized spacial score (nSPS) is 0. The molecule has 0 aromatic rings. The van der Waals surface area contributed by atoms with Crippen LogP contribution >= 0.6 is 0 Å². The van der Waals surface area contributed by atoms with Gasteiger partial charge in [0.1, 0.15) is 0 Å². The fourth-order valence-corrected chi connectivity index (χ4v) is 0. The quantitative estimate of drug-likeness (QED) is 0.442. The third kappa shape index (κ3) is 19.4. The molecule has 0 aromatic heterocycles. The van der Waals surface area contributed by atoms with E-state index in [4.69, 9.17) is 0 Å². The van der Waals surface area contributed by atoms with Crippen LogP contribution in [0.25, 0.3) is 0 Å². The number of rotatable bonds is 0. The van der Waals surface area contributed by atoms with E-state index in [1.54, 1.807) is 0 Å². The van der Waals surface area contributed by atoms with Crippen LogP contribution in [0.15, 0.2) is 0 Å². The molecule has 5 heavy (non-hydrogen) atoms. The smallest absolute Gasteiger partial charge is 1.00 e. The van der Waals surface area contributed by atoms with Gasteiger partial charge in [-0.15, -0.1) is 0 Å². The first-order chi connectivity index (χ1) is 0. The van der Waals surface area contributed by atoms with Crippen LogP contribution in [0.3, 0.4) is 0 Å². The van der Waals surface area contributed by atoms with Crippen molar-refractivity contribution < 1.29 is 58.1 Å². The van der Waals surface area contributed by atoms with Gasteiger partial charge in [-0.3, -0.25) is 0 Å². The summed E-state index contributed by atoms with van der Waals surface area (Å²) in [5.41, 5.74) is 0. The van der Waals surface area contributed by atoms with Crippen LogP contribution in [0.1, 0.15) is 2.85 Å². The molecule has 0 fully saturated rings. The van der Waals surface area contributed by atoms with E-state index in [9.17, 15) is 0 Å². The van der Waals surface area contributed by atoms with Gasteiger partial charge in [0, 0.05) is 55.3 Å². The van der Waals surface area contributed by atoms with E-state index in [1.165, 1.54) is 0 Å². The van der Waals surface area contributed by atoms with E-state index in [0.717, 1.165) is 0 Å². The Morgan fingerprint density at radius 1 is 1.20 bits per heavy atom. The molecule has 0 spiro atoms. The first-order valence-corrected chi connectivity index (χ1v) is 0. The fraction of sp³-hybridized carbons (Fsp3) is 0. The summed E-state index contributed by atoms with van der Waals surface area (Å²) in [6.07, 6.45) is 0. The Bertz CT molecular complexity index is 17.7. The summed E-state index contributed by atoms with van der Waals surface area (Å²) >= 11 is 0. The molecule has 0 aliphatic heterocycles. The van der Waals surface area contributed by atoms with Gasteiger partial charge < -0.3 is 2.85 Å². The number of hydrogen-bond acceptors (Lipinski definition) is 0. The van der Waals surface area contributed by atoms with Crippen molar-refractivity contribution in [3.8, 4) is 0 Å². The molecule has 0 atom stereocenters. The van der Waals surface area contributed by atoms with Crippen LogP contribution in [-0.4, -0.2) is 40.4 Å². The van der Waals surface area contributed by atoms with Crippen LogP contribution in [0.4, 0.5) is 0 Å². The Labute approximate surface area is 97.1 Å². The Hall–Kier alpha value is 3.03. The molecule has 0 N–H and O–H groups in total. The van der Waals surface area contributed by atoms with Gasteiger partial charge >= 0.3 is 23.1 Å². The van der Waals surface area contributed by atoms with E-state index in [-0.39, 0.29) is 98.5 Å². The molecular weight excluding hydrogens is 214 g/mol. The van der Waals surface area contributed by atoms with Gasteiger partial charge in [-0.2, -0.15) is 0 Å². The molecular formula is H5AlFeMgNiTi.